The quantitative estimate of drug-likeness (QED) is 0.779. The van der Waals surface area contributed by atoms with Crippen LogP contribution in [-0.4, -0.2) is 27.5 Å². The Morgan fingerprint density at radius 2 is 2.00 bits per heavy atom. The molecule has 1 saturated heterocycles. The van der Waals surface area contributed by atoms with Gasteiger partial charge in [-0.15, -0.1) is 0 Å². The summed E-state index contributed by atoms with van der Waals surface area (Å²) < 4.78 is 22.6. The van der Waals surface area contributed by atoms with Crippen molar-refractivity contribution < 1.29 is 8.42 Å². The Labute approximate surface area is 112 Å². The minimum atomic E-state index is -3.69. The SMILES string of the molecule is NS(=O)(=O)c1ccc(Cl)c(NC2CCNCC2)c1. The van der Waals surface area contributed by atoms with Crippen molar-refractivity contribution in [1.29, 1.82) is 0 Å². The molecule has 0 amide bonds. The first-order valence-electron chi connectivity index (χ1n) is 5.76. The lowest BCUT2D eigenvalue weighted by atomic mass is 10.1. The molecule has 100 valence electrons. The van der Waals surface area contributed by atoms with E-state index in [1.165, 1.54) is 12.1 Å². The fourth-order valence-electron chi connectivity index (χ4n) is 1.98. The van der Waals surface area contributed by atoms with Crippen LogP contribution < -0.4 is 15.8 Å². The van der Waals surface area contributed by atoms with Crippen LogP contribution in [0.5, 0.6) is 0 Å². The van der Waals surface area contributed by atoms with Crippen molar-refractivity contribution in [2.45, 2.75) is 23.8 Å². The number of sulfonamides is 1. The van der Waals surface area contributed by atoms with Crippen LogP contribution in [0.3, 0.4) is 0 Å². The number of hydrogen-bond acceptors (Lipinski definition) is 4. The average molecular weight is 290 g/mol. The van der Waals surface area contributed by atoms with Crippen LogP contribution in [0.2, 0.25) is 5.02 Å². The van der Waals surface area contributed by atoms with E-state index < -0.39 is 10.0 Å². The molecule has 0 bridgehead atoms. The first-order chi connectivity index (χ1) is 8.47. The van der Waals surface area contributed by atoms with Crippen molar-refractivity contribution in [3.8, 4) is 0 Å². The van der Waals surface area contributed by atoms with Crippen LogP contribution in [0.25, 0.3) is 0 Å². The lowest BCUT2D eigenvalue weighted by Gasteiger charge is -2.25. The van der Waals surface area contributed by atoms with Crippen molar-refractivity contribution in [1.82, 2.24) is 5.32 Å². The highest BCUT2D eigenvalue weighted by molar-refractivity contribution is 7.89. The van der Waals surface area contributed by atoms with Crippen molar-refractivity contribution in [2.75, 3.05) is 18.4 Å². The largest absolute Gasteiger partial charge is 0.381 e. The summed E-state index contributed by atoms with van der Waals surface area (Å²) in [6.07, 6.45) is 1.96. The van der Waals surface area contributed by atoms with Gasteiger partial charge in [-0.3, -0.25) is 0 Å². The molecule has 0 aromatic heterocycles. The fourth-order valence-corrected chi connectivity index (χ4v) is 2.69. The Hall–Kier alpha value is -0.820. The van der Waals surface area contributed by atoms with E-state index in [1.807, 2.05) is 0 Å². The van der Waals surface area contributed by atoms with Gasteiger partial charge in [0.2, 0.25) is 10.0 Å². The summed E-state index contributed by atoms with van der Waals surface area (Å²) in [5.41, 5.74) is 0.620. The van der Waals surface area contributed by atoms with E-state index in [1.54, 1.807) is 6.07 Å². The molecule has 7 heteroatoms. The first-order valence-corrected chi connectivity index (χ1v) is 7.69. The minimum absolute atomic E-state index is 0.0725. The lowest BCUT2D eigenvalue weighted by Crippen LogP contribution is -2.35. The second-order valence-corrected chi connectivity index (χ2v) is 6.32. The molecular weight excluding hydrogens is 274 g/mol. The van der Waals surface area contributed by atoms with Gasteiger partial charge in [-0.05, 0) is 44.1 Å². The maximum atomic E-state index is 11.3. The number of benzene rings is 1. The Morgan fingerprint density at radius 1 is 1.33 bits per heavy atom. The third-order valence-corrected chi connectivity index (χ3v) is 4.21. The molecule has 1 heterocycles. The van der Waals surface area contributed by atoms with Gasteiger partial charge in [0.1, 0.15) is 0 Å². The predicted octanol–water partition coefficient (Wildman–Crippen LogP) is 1.15. The minimum Gasteiger partial charge on any atom is -0.381 e. The second kappa shape index (κ2) is 5.44. The van der Waals surface area contributed by atoms with Crippen LogP contribution in [0.15, 0.2) is 23.1 Å². The molecule has 18 heavy (non-hydrogen) atoms. The van der Waals surface area contributed by atoms with Crippen molar-refractivity contribution >= 4 is 27.3 Å². The molecule has 1 aromatic carbocycles. The molecule has 0 spiro atoms. The van der Waals surface area contributed by atoms with E-state index in [2.05, 4.69) is 10.6 Å². The van der Waals surface area contributed by atoms with Crippen LogP contribution >= 0.6 is 11.6 Å². The highest BCUT2D eigenvalue weighted by Gasteiger charge is 2.16. The molecule has 5 nitrogen and oxygen atoms in total. The van der Waals surface area contributed by atoms with E-state index in [4.69, 9.17) is 16.7 Å². The molecule has 4 N–H and O–H groups in total. The maximum absolute atomic E-state index is 11.3. The molecule has 1 fully saturated rings. The normalized spacial score (nSPS) is 17.7. The first kappa shape index (κ1) is 13.6. The molecule has 0 aliphatic carbocycles. The topological polar surface area (TPSA) is 84.2 Å². The lowest BCUT2D eigenvalue weighted by molar-refractivity contribution is 0.479. The summed E-state index contributed by atoms with van der Waals surface area (Å²) >= 11 is 6.05. The number of nitrogens with two attached hydrogens (primary N) is 1. The molecule has 2 rings (SSSR count). The summed E-state index contributed by atoms with van der Waals surface area (Å²) in [7, 11) is -3.69. The van der Waals surface area contributed by atoms with Crippen LogP contribution in [-0.2, 0) is 10.0 Å². The van der Waals surface area contributed by atoms with Gasteiger partial charge in [-0.2, -0.15) is 0 Å². The average Bonchev–Trinajstić information content (AvgIpc) is 2.32. The molecule has 1 aliphatic heterocycles. The van der Waals surface area contributed by atoms with Gasteiger partial charge in [0, 0.05) is 6.04 Å². The summed E-state index contributed by atoms with van der Waals surface area (Å²) in [5.74, 6) is 0. The Morgan fingerprint density at radius 3 is 2.61 bits per heavy atom. The van der Waals surface area contributed by atoms with E-state index >= 15 is 0 Å². The van der Waals surface area contributed by atoms with E-state index in [-0.39, 0.29) is 4.90 Å². The van der Waals surface area contributed by atoms with Crippen molar-refractivity contribution in [3.63, 3.8) is 0 Å². The second-order valence-electron chi connectivity index (χ2n) is 4.36. The zero-order valence-corrected chi connectivity index (χ0v) is 11.4. The zero-order chi connectivity index (χ0) is 13.2. The number of halogens is 1. The summed E-state index contributed by atoms with van der Waals surface area (Å²) in [6.45, 7) is 1.90. The molecule has 0 saturated carbocycles. The van der Waals surface area contributed by atoms with E-state index in [0.717, 1.165) is 25.9 Å². The Balaban J connectivity index is 2.21. The van der Waals surface area contributed by atoms with Gasteiger partial charge in [-0.1, -0.05) is 11.6 Å². The maximum Gasteiger partial charge on any atom is 0.238 e. The number of nitrogens with one attached hydrogen (secondary N) is 2. The number of primary sulfonamides is 1. The van der Waals surface area contributed by atoms with Crippen molar-refractivity contribution in [3.05, 3.63) is 23.2 Å². The van der Waals surface area contributed by atoms with E-state index in [0.29, 0.717) is 16.8 Å². The zero-order valence-electron chi connectivity index (χ0n) is 9.82. The standard InChI is InChI=1S/C11H16ClN3O2S/c12-10-2-1-9(18(13,16)17)7-11(10)15-8-3-5-14-6-4-8/h1-2,7-8,14-15H,3-6H2,(H2,13,16,17). The summed E-state index contributed by atoms with van der Waals surface area (Å²) in [5, 5.41) is 12.1. The molecular formula is C11H16ClN3O2S. The third-order valence-electron chi connectivity index (χ3n) is 2.97. The molecule has 0 unspecified atom stereocenters. The monoisotopic (exact) mass is 289 g/mol. The van der Waals surface area contributed by atoms with Gasteiger partial charge in [0.15, 0.2) is 0 Å². The van der Waals surface area contributed by atoms with Crippen molar-refractivity contribution in [2.24, 2.45) is 5.14 Å². The van der Waals surface area contributed by atoms with Crippen LogP contribution in [0, 0.1) is 0 Å². The van der Waals surface area contributed by atoms with E-state index in [9.17, 15) is 8.42 Å². The Bertz CT molecular complexity index is 527. The highest BCUT2D eigenvalue weighted by Crippen LogP contribution is 2.26. The molecule has 1 aliphatic rings. The van der Waals surface area contributed by atoms with Gasteiger partial charge in [0.25, 0.3) is 0 Å². The summed E-state index contributed by atoms with van der Waals surface area (Å²) in [4.78, 5) is 0.0725. The fraction of sp³-hybridized carbons (Fsp3) is 0.455. The Kier molecular flexibility index (Phi) is 4.11. The van der Waals surface area contributed by atoms with Gasteiger partial charge in [-0.25, -0.2) is 13.6 Å². The van der Waals surface area contributed by atoms with Crippen LogP contribution in [0.4, 0.5) is 5.69 Å². The highest BCUT2D eigenvalue weighted by atomic mass is 35.5. The molecule has 0 radical (unpaired) electrons. The predicted molar refractivity (Wildman–Crippen MR) is 72.3 cm³/mol. The smallest absolute Gasteiger partial charge is 0.238 e. The molecule has 0 atom stereocenters. The third kappa shape index (κ3) is 3.35. The number of hydrogen-bond donors (Lipinski definition) is 3. The summed E-state index contributed by atoms with van der Waals surface area (Å²) in [6, 6.07) is 4.75. The number of rotatable bonds is 3. The van der Waals surface area contributed by atoms with Crippen LogP contribution in [0.1, 0.15) is 12.8 Å². The van der Waals surface area contributed by atoms with Gasteiger partial charge < -0.3 is 10.6 Å². The molecule has 1 aromatic rings. The van der Waals surface area contributed by atoms with Gasteiger partial charge in [0.05, 0.1) is 15.6 Å². The number of anilines is 1. The number of piperidine rings is 1. The van der Waals surface area contributed by atoms with Gasteiger partial charge >= 0.3 is 0 Å².